The highest BCUT2D eigenvalue weighted by Gasteiger charge is 2.41. The second kappa shape index (κ2) is 5.72. The van der Waals surface area contributed by atoms with Gasteiger partial charge in [-0.25, -0.2) is 0 Å². The first-order valence-electron chi connectivity index (χ1n) is 7.57. The minimum atomic E-state index is -0.755. The highest BCUT2D eigenvalue weighted by atomic mass is 16.5. The molecule has 114 valence electrons. The van der Waals surface area contributed by atoms with Gasteiger partial charge in [-0.05, 0) is 31.6 Å². The van der Waals surface area contributed by atoms with E-state index in [0.717, 1.165) is 32.6 Å². The molecule has 2 heterocycles. The molecule has 0 radical (unpaired) electrons. The molecule has 5 heteroatoms. The molecule has 0 aromatic rings. The fraction of sp³-hybridized carbons (Fsp3) is 0.867. The quantitative estimate of drug-likeness (QED) is 0.849. The number of carbonyl (C=O) groups excluding carboxylic acids is 2. The lowest BCUT2D eigenvalue weighted by Crippen LogP contribution is -2.56. The zero-order chi connectivity index (χ0) is 14.8. The Bertz CT molecular complexity index is 391. The number of ether oxygens (including phenoxy) is 1. The van der Waals surface area contributed by atoms with Gasteiger partial charge < -0.3 is 15.0 Å². The van der Waals surface area contributed by atoms with Crippen LogP contribution in [0.4, 0.5) is 0 Å². The third-order valence-corrected chi connectivity index (χ3v) is 4.76. The number of hydrogen-bond donors (Lipinski definition) is 1. The third-order valence-electron chi connectivity index (χ3n) is 4.76. The van der Waals surface area contributed by atoms with E-state index in [1.807, 2.05) is 18.7 Å². The molecule has 0 aromatic heterocycles. The third kappa shape index (κ3) is 3.14. The molecule has 20 heavy (non-hydrogen) atoms. The molecular formula is C15H26N2O3. The Balaban J connectivity index is 2.13. The fourth-order valence-corrected chi connectivity index (χ4v) is 2.98. The molecular weight excluding hydrogens is 256 g/mol. The zero-order valence-corrected chi connectivity index (χ0v) is 12.8. The van der Waals surface area contributed by atoms with Crippen molar-refractivity contribution in [3.63, 3.8) is 0 Å². The lowest BCUT2D eigenvalue weighted by molar-refractivity contribution is -0.140. The minimum absolute atomic E-state index is 0.0256. The second-order valence-corrected chi connectivity index (χ2v) is 6.63. The van der Waals surface area contributed by atoms with Gasteiger partial charge in [0.1, 0.15) is 5.54 Å². The van der Waals surface area contributed by atoms with E-state index in [-0.39, 0.29) is 17.2 Å². The van der Waals surface area contributed by atoms with E-state index >= 15 is 0 Å². The Morgan fingerprint density at radius 2 is 1.90 bits per heavy atom. The number of rotatable bonds is 3. The van der Waals surface area contributed by atoms with Crippen molar-refractivity contribution in [3.8, 4) is 0 Å². The predicted molar refractivity (Wildman–Crippen MR) is 76.2 cm³/mol. The van der Waals surface area contributed by atoms with Crippen LogP contribution in [0.15, 0.2) is 0 Å². The molecule has 0 bridgehead atoms. The topological polar surface area (TPSA) is 58.6 Å². The normalized spacial score (nSPS) is 30.9. The summed E-state index contributed by atoms with van der Waals surface area (Å²) in [7, 11) is 0. The van der Waals surface area contributed by atoms with Crippen LogP contribution in [-0.2, 0) is 14.3 Å². The Hall–Kier alpha value is -1.10. The van der Waals surface area contributed by atoms with E-state index < -0.39 is 5.54 Å². The molecule has 5 nitrogen and oxygen atoms in total. The maximum Gasteiger partial charge on any atom is 0.248 e. The number of nitrogens with zero attached hydrogens (tertiary/aromatic N) is 1. The monoisotopic (exact) mass is 282 g/mol. The molecule has 0 aromatic carbocycles. The molecule has 2 aliphatic heterocycles. The zero-order valence-electron chi connectivity index (χ0n) is 12.8. The summed E-state index contributed by atoms with van der Waals surface area (Å²) in [5, 5.41) is 2.88. The van der Waals surface area contributed by atoms with E-state index in [4.69, 9.17) is 4.74 Å². The average molecular weight is 282 g/mol. The number of amides is 2. The predicted octanol–water partition coefficient (Wildman–Crippen LogP) is 1.32. The van der Waals surface area contributed by atoms with E-state index in [0.29, 0.717) is 19.4 Å². The lowest BCUT2D eigenvalue weighted by Gasteiger charge is -2.40. The number of carbonyl (C=O) groups is 2. The van der Waals surface area contributed by atoms with Crippen LogP contribution >= 0.6 is 0 Å². The molecule has 1 atom stereocenters. The molecule has 1 unspecified atom stereocenters. The van der Waals surface area contributed by atoms with Gasteiger partial charge in [0, 0.05) is 32.7 Å². The summed E-state index contributed by atoms with van der Waals surface area (Å²) < 4.78 is 5.41. The molecule has 0 aliphatic carbocycles. The fourth-order valence-electron chi connectivity index (χ4n) is 2.98. The van der Waals surface area contributed by atoms with E-state index in [1.165, 1.54) is 0 Å². The van der Waals surface area contributed by atoms with Gasteiger partial charge in [-0.1, -0.05) is 13.8 Å². The number of hydrogen-bond acceptors (Lipinski definition) is 3. The van der Waals surface area contributed by atoms with Crippen molar-refractivity contribution < 1.29 is 14.3 Å². The van der Waals surface area contributed by atoms with Crippen LogP contribution in [0.5, 0.6) is 0 Å². The van der Waals surface area contributed by atoms with Crippen molar-refractivity contribution >= 4 is 11.8 Å². The Morgan fingerprint density at radius 3 is 2.50 bits per heavy atom. The molecule has 2 aliphatic rings. The first kappa shape index (κ1) is 15.3. The van der Waals surface area contributed by atoms with Gasteiger partial charge >= 0.3 is 0 Å². The first-order chi connectivity index (χ1) is 9.38. The van der Waals surface area contributed by atoms with Gasteiger partial charge in [0.2, 0.25) is 11.8 Å². The van der Waals surface area contributed by atoms with Crippen molar-refractivity contribution in [2.45, 2.75) is 52.0 Å². The maximum absolute atomic E-state index is 12.7. The maximum atomic E-state index is 12.7. The molecule has 2 amide bonds. The Morgan fingerprint density at radius 1 is 1.25 bits per heavy atom. The van der Waals surface area contributed by atoms with Crippen molar-refractivity contribution in [3.05, 3.63) is 0 Å². The highest BCUT2D eigenvalue weighted by Crippen LogP contribution is 2.32. The van der Waals surface area contributed by atoms with Crippen LogP contribution < -0.4 is 5.32 Å². The summed E-state index contributed by atoms with van der Waals surface area (Å²) in [6, 6.07) is 0. The van der Waals surface area contributed by atoms with E-state index in [2.05, 4.69) is 12.2 Å². The summed E-state index contributed by atoms with van der Waals surface area (Å²) in [4.78, 5) is 26.4. The smallest absolute Gasteiger partial charge is 0.248 e. The average Bonchev–Trinajstić information content (AvgIpc) is 2.52. The van der Waals surface area contributed by atoms with Crippen LogP contribution in [0, 0.1) is 5.41 Å². The molecule has 0 spiro atoms. The van der Waals surface area contributed by atoms with Gasteiger partial charge in [0.15, 0.2) is 0 Å². The van der Waals surface area contributed by atoms with Gasteiger partial charge in [0.05, 0.1) is 0 Å². The summed E-state index contributed by atoms with van der Waals surface area (Å²) in [6.45, 7) is 8.76. The van der Waals surface area contributed by atoms with Crippen LogP contribution in [-0.4, -0.2) is 48.6 Å². The van der Waals surface area contributed by atoms with Crippen molar-refractivity contribution in [1.29, 1.82) is 0 Å². The summed E-state index contributed by atoms with van der Waals surface area (Å²) >= 11 is 0. The van der Waals surface area contributed by atoms with E-state index in [9.17, 15) is 9.59 Å². The summed E-state index contributed by atoms with van der Waals surface area (Å²) in [5.41, 5.74) is -0.648. The van der Waals surface area contributed by atoms with Gasteiger partial charge in [-0.3, -0.25) is 9.59 Å². The standard InChI is InChI=1S/C15H26N2O3/c1-4-15(3)13(19)17(8-5-12(18)16-15)11-14(2)6-9-20-10-7-14/h4-11H2,1-3H3,(H,16,18). The van der Waals surface area contributed by atoms with Crippen molar-refractivity contribution in [1.82, 2.24) is 10.2 Å². The SMILES string of the molecule is CCC1(C)NC(=O)CCN(CC2(C)CCOCC2)C1=O. The first-order valence-corrected chi connectivity index (χ1v) is 7.57. The molecule has 2 saturated heterocycles. The van der Waals surface area contributed by atoms with Gasteiger partial charge in [-0.2, -0.15) is 0 Å². The van der Waals surface area contributed by atoms with E-state index in [1.54, 1.807) is 0 Å². The summed E-state index contributed by atoms with van der Waals surface area (Å²) in [5.74, 6) is 0.0286. The Kier molecular flexibility index (Phi) is 4.37. The Labute approximate surface area is 121 Å². The molecule has 2 fully saturated rings. The molecule has 1 N–H and O–H groups in total. The molecule has 0 saturated carbocycles. The highest BCUT2D eigenvalue weighted by molar-refractivity contribution is 5.93. The number of nitrogens with one attached hydrogen (secondary N) is 1. The van der Waals surface area contributed by atoms with Crippen LogP contribution in [0.1, 0.15) is 46.5 Å². The van der Waals surface area contributed by atoms with Gasteiger partial charge in [0.25, 0.3) is 0 Å². The van der Waals surface area contributed by atoms with Crippen molar-refractivity contribution in [2.75, 3.05) is 26.3 Å². The van der Waals surface area contributed by atoms with Crippen molar-refractivity contribution in [2.24, 2.45) is 5.41 Å². The largest absolute Gasteiger partial charge is 0.381 e. The lowest BCUT2D eigenvalue weighted by atomic mass is 9.81. The minimum Gasteiger partial charge on any atom is -0.381 e. The summed E-state index contributed by atoms with van der Waals surface area (Å²) in [6.07, 6.45) is 2.96. The van der Waals surface area contributed by atoms with Crippen LogP contribution in [0.3, 0.4) is 0 Å². The van der Waals surface area contributed by atoms with Gasteiger partial charge in [-0.15, -0.1) is 0 Å². The second-order valence-electron chi connectivity index (χ2n) is 6.63. The van der Waals surface area contributed by atoms with Crippen LogP contribution in [0.2, 0.25) is 0 Å². The van der Waals surface area contributed by atoms with Crippen LogP contribution in [0.25, 0.3) is 0 Å². The molecule has 2 rings (SSSR count).